The maximum Gasteiger partial charge on any atom is 0.165 e. The predicted molar refractivity (Wildman–Crippen MR) is 86.9 cm³/mol. The second kappa shape index (κ2) is 6.93. The number of rotatable bonds is 5. The Morgan fingerprint density at radius 2 is 1.91 bits per heavy atom. The molecular formula is C19H22FNO. The molecule has 1 unspecified atom stereocenters. The molecular weight excluding hydrogens is 277 g/mol. The zero-order valence-electron chi connectivity index (χ0n) is 13.0. The van der Waals surface area contributed by atoms with Gasteiger partial charge in [-0.15, -0.1) is 0 Å². The average molecular weight is 299 g/mol. The second-order valence-electron chi connectivity index (χ2n) is 5.99. The van der Waals surface area contributed by atoms with Crippen molar-refractivity contribution in [3.63, 3.8) is 0 Å². The first-order chi connectivity index (χ1) is 10.7. The SMILES string of the molecule is CN1CCCC1CCc1ccc(Oc2ccccc2F)cc1. The van der Waals surface area contributed by atoms with Gasteiger partial charge in [-0.25, -0.2) is 4.39 Å². The van der Waals surface area contributed by atoms with Crippen LogP contribution in [0, 0.1) is 5.82 Å². The van der Waals surface area contributed by atoms with Gasteiger partial charge in [-0.2, -0.15) is 0 Å². The van der Waals surface area contributed by atoms with Crippen molar-refractivity contribution in [3.8, 4) is 11.5 Å². The molecule has 116 valence electrons. The molecule has 1 saturated heterocycles. The van der Waals surface area contributed by atoms with Crippen LogP contribution in [0.2, 0.25) is 0 Å². The van der Waals surface area contributed by atoms with E-state index in [0.29, 0.717) is 11.8 Å². The quantitative estimate of drug-likeness (QED) is 0.797. The summed E-state index contributed by atoms with van der Waals surface area (Å²) in [6.45, 7) is 1.22. The molecule has 0 N–H and O–H groups in total. The van der Waals surface area contributed by atoms with Gasteiger partial charge in [0.25, 0.3) is 0 Å². The van der Waals surface area contributed by atoms with Crippen LogP contribution < -0.4 is 4.74 Å². The third-order valence-corrected chi connectivity index (χ3v) is 4.43. The normalized spacial score (nSPS) is 18.5. The van der Waals surface area contributed by atoms with E-state index in [1.54, 1.807) is 18.2 Å². The first-order valence-electron chi connectivity index (χ1n) is 7.94. The van der Waals surface area contributed by atoms with Crippen LogP contribution in [0.4, 0.5) is 4.39 Å². The number of para-hydroxylation sites is 1. The molecule has 0 spiro atoms. The van der Waals surface area contributed by atoms with Crippen molar-refractivity contribution < 1.29 is 9.13 Å². The van der Waals surface area contributed by atoms with Crippen molar-refractivity contribution in [1.82, 2.24) is 4.90 Å². The molecule has 0 amide bonds. The van der Waals surface area contributed by atoms with Gasteiger partial charge in [0.05, 0.1) is 0 Å². The Kier molecular flexibility index (Phi) is 4.74. The summed E-state index contributed by atoms with van der Waals surface area (Å²) in [5, 5.41) is 0. The molecule has 1 fully saturated rings. The molecule has 2 aromatic rings. The number of halogens is 1. The van der Waals surface area contributed by atoms with Gasteiger partial charge in [0, 0.05) is 6.04 Å². The minimum atomic E-state index is -0.337. The first kappa shape index (κ1) is 15.0. The largest absolute Gasteiger partial charge is 0.454 e. The standard InChI is InChI=1S/C19H22FNO/c1-21-14-4-5-16(21)11-8-15-9-12-17(13-10-15)22-19-7-3-2-6-18(19)20/h2-3,6-7,9-10,12-13,16H,4-5,8,11,14H2,1H3. The van der Waals surface area contributed by atoms with Crippen LogP contribution in [0.5, 0.6) is 11.5 Å². The van der Waals surface area contributed by atoms with Gasteiger partial charge in [0.2, 0.25) is 0 Å². The number of likely N-dealkylation sites (tertiary alicyclic amines) is 1. The summed E-state index contributed by atoms with van der Waals surface area (Å²) in [4.78, 5) is 2.45. The molecule has 2 nitrogen and oxygen atoms in total. The topological polar surface area (TPSA) is 12.5 Å². The Morgan fingerprint density at radius 1 is 1.14 bits per heavy atom. The van der Waals surface area contributed by atoms with E-state index in [4.69, 9.17) is 4.74 Å². The van der Waals surface area contributed by atoms with Crippen LogP contribution in [-0.2, 0) is 6.42 Å². The van der Waals surface area contributed by atoms with E-state index in [-0.39, 0.29) is 11.6 Å². The highest BCUT2D eigenvalue weighted by molar-refractivity contribution is 5.33. The van der Waals surface area contributed by atoms with Crippen LogP contribution in [0.15, 0.2) is 48.5 Å². The Bertz CT molecular complexity index is 611. The van der Waals surface area contributed by atoms with Gasteiger partial charge < -0.3 is 9.64 Å². The third kappa shape index (κ3) is 3.66. The molecule has 1 aliphatic heterocycles. The highest BCUT2D eigenvalue weighted by Crippen LogP contribution is 2.25. The summed E-state index contributed by atoms with van der Waals surface area (Å²) in [6.07, 6.45) is 4.90. The van der Waals surface area contributed by atoms with E-state index in [9.17, 15) is 4.39 Å². The van der Waals surface area contributed by atoms with E-state index in [1.807, 2.05) is 12.1 Å². The van der Waals surface area contributed by atoms with E-state index >= 15 is 0 Å². The smallest absolute Gasteiger partial charge is 0.165 e. The highest BCUT2D eigenvalue weighted by atomic mass is 19.1. The van der Waals surface area contributed by atoms with Gasteiger partial charge in [-0.1, -0.05) is 24.3 Å². The van der Waals surface area contributed by atoms with E-state index in [2.05, 4.69) is 24.1 Å². The van der Waals surface area contributed by atoms with Crippen LogP contribution in [-0.4, -0.2) is 24.5 Å². The van der Waals surface area contributed by atoms with Crippen molar-refractivity contribution in [2.75, 3.05) is 13.6 Å². The van der Waals surface area contributed by atoms with Crippen LogP contribution in [0.25, 0.3) is 0 Å². The van der Waals surface area contributed by atoms with Gasteiger partial charge in [-0.3, -0.25) is 0 Å². The van der Waals surface area contributed by atoms with E-state index < -0.39 is 0 Å². The lowest BCUT2D eigenvalue weighted by Gasteiger charge is -2.19. The van der Waals surface area contributed by atoms with Crippen molar-refractivity contribution in [2.45, 2.75) is 31.7 Å². The molecule has 3 rings (SSSR count). The fraction of sp³-hybridized carbons (Fsp3) is 0.368. The fourth-order valence-electron chi connectivity index (χ4n) is 3.06. The minimum absolute atomic E-state index is 0.267. The average Bonchev–Trinajstić information content (AvgIpc) is 2.94. The maximum atomic E-state index is 13.6. The zero-order chi connectivity index (χ0) is 15.4. The number of ether oxygens (including phenoxy) is 1. The third-order valence-electron chi connectivity index (χ3n) is 4.43. The lowest BCUT2D eigenvalue weighted by molar-refractivity contribution is 0.296. The summed E-state index contributed by atoms with van der Waals surface area (Å²) in [5.74, 6) is 0.602. The molecule has 3 heteroatoms. The molecule has 0 radical (unpaired) electrons. The molecule has 0 bridgehead atoms. The molecule has 0 aliphatic carbocycles. The van der Waals surface area contributed by atoms with Crippen LogP contribution >= 0.6 is 0 Å². The summed E-state index contributed by atoms with van der Waals surface area (Å²) < 4.78 is 19.1. The monoisotopic (exact) mass is 299 g/mol. The summed E-state index contributed by atoms with van der Waals surface area (Å²) in [6, 6.07) is 15.2. The fourth-order valence-corrected chi connectivity index (χ4v) is 3.06. The molecule has 2 aromatic carbocycles. The van der Waals surface area contributed by atoms with Gasteiger partial charge in [-0.05, 0) is 69.1 Å². The van der Waals surface area contributed by atoms with Gasteiger partial charge in [0.1, 0.15) is 5.75 Å². The summed E-state index contributed by atoms with van der Waals surface area (Å²) in [7, 11) is 2.21. The van der Waals surface area contributed by atoms with Crippen molar-refractivity contribution in [3.05, 3.63) is 59.9 Å². The lowest BCUT2D eigenvalue weighted by Crippen LogP contribution is -2.25. The Morgan fingerprint density at radius 3 is 2.59 bits per heavy atom. The summed E-state index contributed by atoms with van der Waals surface area (Å²) in [5.41, 5.74) is 1.31. The number of nitrogens with zero attached hydrogens (tertiary/aromatic N) is 1. The first-order valence-corrected chi connectivity index (χ1v) is 7.94. The maximum absolute atomic E-state index is 13.6. The number of benzene rings is 2. The second-order valence-corrected chi connectivity index (χ2v) is 5.99. The van der Waals surface area contributed by atoms with E-state index in [1.165, 1.54) is 37.4 Å². The van der Waals surface area contributed by atoms with Crippen LogP contribution in [0.1, 0.15) is 24.8 Å². The molecule has 1 atom stereocenters. The molecule has 1 heterocycles. The molecule has 22 heavy (non-hydrogen) atoms. The number of hydrogen-bond acceptors (Lipinski definition) is 2. The predicted octanol–water partition coefficient (Wildman–Crippen LogP) is 4.64. The zero-order valence-corrected chi connectivity index (χ0v) is 13.0. The van der Waals surface area contributed by atoms with Crippen molar-refractivity contribution in [1.29, 1.82) is 0 Å². The van der Waals surface area contributed by atoms with Gasteiger partial charge >= 0.3 is 0 Å². The number of hydrogen-bond donors (Lipinski definition) is 0. The molecule has 0 saturated carbocycles. The van der Waals surface area contributed by atoms with Crippen LogP contribution in [0.3, 0.4) is 0 Å². The molecule has 0 aromatic heterocycles. The number of aryl methyl sites for hydroxylation is 1. The van der Waals surface area contributed by atoms with Crippen molar-refractivity contribution >= 4 is 0 Å². The Hall–Kier alpha value is -1.87. The Balaban J connectivity index is 1.57. The Labute approximate surface area is 131 Å². The highest BCUT2D eigenvalue weighted by Gasteiger charge is 2.20. The summed E-state index contributed by atoms with van der Waals surface area (Å²) >= 11 is 0. The molecule has 1 aliphatic rings. The van der Waals surface area contributed by atoms with E-state index in [0.717, 1.165) is 6.42 Å². The van der Waals surface area contributed by atoms with Gasteiger partial charge in [0.15, 0.2) is 11.6 Å². The minimum Gasteiger partial charge on any atom is -0.454 e. The lowest BCUT2D eigenvalue weighted by atomic mass is 10.0. The van der Waals surface area contributed by atoms with Crippen molar-refractivity contribution in [2.24, 2.45) is 0 Å².